The number of alkyl halides is 1. The SMILES string of the molecule is Cc1ccc2nc(-c3ccc(/C=C/c4ccc(OCCOS(C)(=O)=O)cc4)cc3)sc2c1.Cc1ccc2nc(-c3ccc(/C=C/c4ccc(OCC[18F])cc4)cc3)sc2c1. The quantitative estimate of drug-likeness (QED) is 0.0611. The van der Waals surface area contributed by atoms with Gasteiger partial charge in [0.1, 0.15) is 48.0 Å². The molecular formula is C49H43FN2O5S3. The second kappa shape index (κ2) is 19.8. The van der Waals surface area contributed by atoms with E-state index >= 15 is 0 Å². The van der Waals surface area contributed by atoms with Crippen molar-refractivity contribution in [2.45, 2.75) is 13.8 Å². The van der Waals surface area contributed by atoms with E-state index < -0.39 is 16.8 Å². The van der Waals surface area contributed by atoms with Crippen molar-refractivity contribution in [1.82, 2.24) is 9.97 Å². The number of halogens is 1. The zero-order chi connectivity index (χ0) is 41.9. The van der Waals surface area contributed by atoms with E-state index in [4.69, 9.17) is 19.4 Å². The van der Waals surface area contributed by atoms with Crippen LogP contribution in [0, 0.1) is 13.8 Å². The summed E-state index contributed by atoms with van der Waals surface area (Å²) in [5.74, 6) is 1.35. The number of benzene rings is 6. The molecule has 8 rings (SSSR count). The summed E-state index contributed by atoms with van der Waals surface area (Å²) in [7, 11) is -3.44. The van der Waals surface area contributed by atoms with Gasteiger partial charge < -0.3 is 9.47 Å². The number of aromatic nitrogens is 2. The average Bonchev–Trinajstić information content (AvgIpc) is 3.88. The Balaban J connectivity index is 0.000000183. The Hall–Kier alpha value is -5.98. The van der Waals surface area contributed by atoms with Crippen molar-refractivity contribution in [2.75, 3.05) is 32.8 Å². The molecule has 2 aromatic heterocycles. The second-order valence-electron chi connectivity index (χ2n) is 13.9. The van der Waals surface area contributed by atoms with Crippen molar-refractivity contribution in [1.29, 1.82) is 0 Å². The van der Waals surface area contributed by atoms with Crippen LogP contribution in [0.2, 0.25) is 0 Å². The Morgan fingerprint density at radius 3 is 1.30 bits per heavy atom. The predicted molar refractivity (Wildman–Crippen MR) is 248 cm³/mol. The van der Waals surface area contributed by atoms with Crippen LogP contribution < -0.4 is 9.47 Å². The molecule has 0 fully saturated rings. The van der Waals surface area contributed by atoms with Crippen molar-refractivity contribution in [3.63, 3.8) is 0 Å². The Labute approximate surface area is 358 Å². The second-order valence-corrected chi connectivity index (χ2v) is 17.6. The molecule has 0 unspecified atom stereocenters. The zero-order valence-electron chi connectivity index (χ0n) is 33.4. The van der Waals surface area contributed by atoms with E-state index in [0.717, 1.165) is 60.7 Å². The molecule has 0 radical (unpaired) electrons. The molecule has 0 amide bonds. The van der Waals surface area contributed by atoms with Gasteiger partial charge in [-0.3, -0.25) is 4.18 Å². The Morgan fingerprint density at radius 1 is 0.533 bits per heavy atom. The summed E-state index contributed by atoms with van der Waals surface area (Å²) >= 11 is 3.43. The van der Waals surface area contributed by atoms with Gasteiger partial charge in [0, 0.05) is 11.1 Å². The molecule has 60 heavy (non-hydrogen) atoms. The van der Waals surface area contributed by atoms with Crippen LogP contribution in [0.15, 0.2) is 133 Å². The molecule has 0 spiro atoms. The lowest BCUT2D eigenvalue weighted by Crippen LogP contribution is -2.11. The van der Waals surface area contributed by atoms with Gasteiger partial charge in [0.15, 0.2) is 0 Å². The van der Waals surface area contributed by atoms with Gasteiger partial charge in [0.05, 0.1) is 26.7 Å². The molecule has 8 aromatic rings. The lowest BCUT2D eigenvalue weighted by atomic mass is 10.1. The van der Waals surface area contributed by atoms with Crippen LogP contribution >= 0.6 is 22.7 Å². The maximum Gasteiger partial charge on any atom is 0.264 e. The molecule has 7 nitrogen and oxygen atoms in total. The molecule has 0 aliphatic heterocycles. The Morgan fingerprint density at radius 2 is 0.917 bits per heavy atom. The molecule has 11 heteroatoms. The smallest absolute Gasteiger partial charge is 0.264 e. The number of hydrogen-bond acceptors (Lipinski definition) is 9. The highest BCUT2D eigenvalue weighted by atomic mass is 32.2. The number of thiazole rings is 2. The number of aryl methyl sites for hydroxylation is 2. The molecule has 6 aromatic carbocycles. The molecule has 0 saturated heterocycles. The fraction of sp³-hybridized carbons (Fsp3) is 0.143. The van der Waals surface area contributed by atoms with Crippen LogP contribution in [-0.2, 0) is 14.3 Å². The number of hydrogen-bond donors (Lipinski definition) is 0. The fourth-order valence-electron chi connectivity index (χ4n) is 6.02. The van der Waals surface area contributed by atoms with Gasteiger partial charge in [-0.1, -0.05) is 109 Å². The number of fused-ring (bicyclic) bond motifs is 2. The van der Waals surface area contributed by atoms with Gasteiger partial charge in [-0.05, 0) is 95.8 Å². The maximum absolute atomic E-state index is 12.1. The average molecular weight is 854 g/mol. The molecule has 0 aliphatic carbocycles. The molecule has 0 bridgehead atoms. The van der Waals surface area contributed by atoms with E-state index in [0.29, 0.717) is 11.5 Å². The van der Waals surface area contributed by atoms with Crippen LogP contribution in [0.3, 0.4) is 0 Å². The van der Waals surface area contributed by atoms with Crippen molar-refractivity contribution >= 4 is 77.5 Å². The van der Waals surface area contributed by atoms with Crippen LogP contribution in [0.1, 0.15) is 33.4 Å². The van der Waals surface area contributed by atoms with E-state index in [1.165, 1.54) is 20.5 Å². The summed E-state index contributed by atoms with van der Waals surface area (Å²) < 4.78 is 51.8. The van der Waals surface area contributed by atoms with Gasteiger partial charge in [-0.25, -0.2) is 14.4 Å². The topological polar surface area (TPSA) is 87.6 Å². The Kier molecular flexibility index (Phi) is 13.9. The van der Waals surface area contributed by atoms with Gasteiger partial charge in [0.25, 0.3) is 10.1 Å². The van der Waals surface area contributed by atoms with Crippen molar-refractivity contribution in [3.05, 3.63) is 167 Å². The van der Waals surface area contributed by atoms with Crippen LogP contribution in [0.4, 0.5) is 4.39 Å². The van der Waals surface area contributed by atoms with Gasteiger partial charge >= 0.3 is 0 Å². The Bertz CT molecular complexity index is 2830. The first-order valence-corrected chi connectivity index (χ1v) is 22.7. The maximum atomic E-state index is 12.1. The molecule has 2 heterocycles. The molecular weight excluding hydrogens is 811 g/mol. The first kappa shape index (κ1) is 42.2. The van der Waals surface area contributed by atoms with E-state index in [2.05, 4.69) is 121 Å². The number of ether oxygens (including phenoxy) is 2. The van der Waals surface area contributed by atoms with E-state index in [-0.39, 0.29) is 19.8 Å². The number of rotatable bonds is 14. The predicted octanol–water partition coefficient (Wildman–Crippen LogP) is 12.6. The third kappa shape index (κ3) is 12.0. The minimum absolute atomic E-state index is 0.00680. The molecule has 0 saturated carbocycles. The number of nitrogens with zero attached hydrogens (tertiary/aromatic N) is 2. The lowest BCUT2D eigenvalue weighted by molar-refractivity contribution is 0.222. The molecule has 304 valence electrons. The van der Waals surface area contributed by atoms with Gasteiger partial charge in [-0.15, -0.1) is 22.7 Å². The van der Waals surface area contributed by atoms with Crippen molar-refractivity contribution < 1.29 is 26.5 Å². The summed E-state index contributed by atoms with van der Waals surface area (Å²) in [4.78, 5) is 9.49. The summed E-state index contributed by atoms with van der Waals surface area (Å²) in [6, 6.07) is 44.7. The summed E-state index contributed by atoms with van der Waals surface area (Å²) in [6.45, 7) is 3.97. The highest BCUT2D eigenvalue weighted by Gasteiger charge is 2.08. The first-order chi connectivity index (χ1) is 29.1. The summed E-state index contributed by atoms with van der Waals surface area (Å²) in [5.41, 5.74) is 11.2. The van der Waals surface area contributed by atoms with E-state index in [1.54, 1.807) is 22.7 Å². The van der Waals surface area contributed by atoms with Crippen LogP contribution in [-0.4, -0.2) is 51.1 Å². The van der Waals surface area contributed by atoms with Crippen LogP contribution in [0.25, 0.3) is 65.9 Å². The molecule has 0 N–H and O–H groups in total. The highest BCUT2D eigenvalue weighted by molar-refractivity contribution is 7.86. The molecule has 0 atom stereocenters. The van der Waals surface area contributed by atoms with E-state index in [9.17, 15) is 12.8 Å². The first-order valence-electron chi connectivity index (χ1n) is 19.2. The fourth-order valence-corrected chi connectivity index (χ4v) is 8.53. The monoisotopic (exact) mass is 853 g/mol. The lowest BCUT2D eigenvalue weighted by Gasteiger charge is -2.06. The summed E-state index contributed by atoms with van der Waals surface area (Å²) in [5, 5.41) is 2.07. The zero-order valence-corrected chi connectivity index (χ0v) is 35.8. The van der Waals surface area contributed by atoms with Crippen LogP contribution in [0.5, 0.6) is 11.5 Å². The third-order valence-electron chi connectivity index (χ3n) is 9.10. The molecule has 0 aliphatic rings. The highest BCUT2D eigenvalue weighted by Crippen LogP contribution is 2.32. The third-order valence-corrected chi connectivity index (χ3v) is 11.8. The normalized spacial score (nSPS) is 11.7. The van der Waals surface area contributed by atoms with Gasteiger partial charge in [0.2, 0.25) is 0 Å². The largest absolute Gasteiger partial charge is 0.491 e. The minimum Gasteiger partial charge on any atom is -0.491 e. The summed E-state index contributed by atoms with van der Waals surface area (Å²) in [6.07, 6.45) is 9.23. The van der Waals surface area contributed by atoms with Gasteiger partial charge in [-0.2, -0.15) is 8.42 Å². The minimum atomic E-state index is -3.44. The van der Waals surface area contributed by atoms with Crippen molar-refractivity contribution in [3.8, 4) is 32.6 Å². The standard InChI is InChI=1S/C25H23NO4S2.C24H20FNOS/c1-18-3-14-23-24(17-18)31-25(26-23)21-10-6-19(7-11-21)4-5-20-8-12-22(13-9-20)29-15-16-30-32(2,27)28;1-17-2-13-22-23(16-17)28-24(26-22)20-9-5-18(6-10-20)3-4-19-7-11-21(12-8-19)27-15-14-25/h3-14,17H,15-16H2,1-2H3;2-13,16H,14-15H2,1H3/b5-4+;4-3+/i;25-1. The van der Waals surface area contributed by atoms with Crippen molar-refractivity contribution in [2.24, 2.45) is 0 Å². The van der Waals surface area contributed by atoms with E-state index in [1.807, 2.05) is 54.6 Å².